The molecule has 3 aromatic rings. The highest BCUT2D eigenvalue weighted by Crippen LogP contribution is 2.21. The molecule has 0 amide bonds. The largest absolute Gasteiger partial charge is 0.326 e. The van der Waals surface area contributed by atoms with E-state index in [1.807, 2.05) is 10.5 Å². The second kappa shape index (κ2) is 3.28. The van der Waals surface area contributed by atoms with E-state index in [0.29, 0.717) is 6.54 Å². The summed E-state index contributed by atoms with van der Waals surface area (Å²) in [6.07, 6.45) is 1.73. The van der Waals surface area contributed by atoms with E-state index in [2.05, 4.69) is 35.3 Å². The first-order chi connectivity index (χ1) is 7.79. The molecule has 0 atom stereocenters. The number of aryl methyl sites for hydroxylation is 1. The van der Waals surface area contributed by atoms with Gasteiger partial charge in [0.1, 0.15) is 6.33 Å². The summed E-state index contributed by atoms with van der Waals surface area (Å²) in [6.45, 7) is 2.63. The fourth-order valence-electron chi connectivity index (χ4n) is 2.04. The van der Waals surface area contributed by atoms with E-state index in [9.17, 15) is 0 Å². The summed E-state index contributed by atoms with van der Waals surface area (Å²) in [6, 6.07) is 8.30. The van der Waals surface area contributed by atoms with Crippen molar-refractivity contribution >= 4 is 16.6 Å². The summed E-state index contributed by atoms with van der Waals surface area (Å²) in [4.78, 5) is 0. The predicted molar refractivity (Wildman–Crippen MR) is 63.1 cm³/mol. The van der Waals surface area contributed by atoms with Crippen molar-refractivity contribution in [1.82, 2.24) is 14.6 Å². The van der Waals surface area contributed by atoms with Crippen molar-refractivity contribution in [2.24, 2.45) is 5.73 Å². The summed E-state index contributed by atoms with van der Waals surface area (Å²) in [5.74, 6) is 0. The third-order valence-electron chi connectivity index (χ3n) is 2.90. The van der Waals surface area contributed by atoms with E-state index < -0.39 is 0 Å². The van der Waals surface area contributed by atoms with Crippen LogP contribution >= 0.6 is 0 Å². The van der Waals surface area contributed by atoms with Crippen LogP contribution in [-0.2, 0) is 6.54 Å². The smallest absolute Gasteiger partial charge is 0.161 e. The van der Waals surface area contributed by atoms with Crippen LogP contribution in [0.4, 0.5) is 0 Å². The van der Waals surface area contributed by atoms with Gasteiger partial charge in [-0.15, -0.1) is 10.2 Å². The van der Waals surface area contributed by atoms with Gasteiger partial charge in [-0.05, 0) is 30.2 Å². The minimum absolute atomic E-state index is 0.549. The van der Waals surface area contributed by atoms with E-state index in [0.717, 1.165) is 16.7 Å². The second-order valence-electron chi connectivity index (χ2n) is 3.94. The Kier molecular flexibility index (Phi) is 1.91. The summed E-state index contributed by atoms with van der Waals surface area (Å²) >= 11 is 0. The van der Waals surface area contributed by atoms with Gasteiger partial charge in [0, 0.05) is 11.9 Å². The monoisotopic (exact) mass is 212 g/mol. The molecule has 2 heterocycles. The van der Waals surface area contributed by atoms with Crippen molar-refractivity contribution < 1.29 is 0 Å². The van der Waals surface area contributed by atoms with Crippen LogP contribution in [0.2, 0.25) is 0 Å². The third-order valence-corrected chi connectivity index (χ3v) is 2.90. The number of nitrogens with two attached hydrogens (primary N) is 1. The summed E-state index contributed by atoms with van der Waals surface area (Å²) in [5, 5.41) is 9.21. The number of hydrogen-bond donors (Lipinski definition) is 1. The van der Waals surface area contributed by atoms with E-state index in [1.165, 1.54) is 10.9 Å². The maximum Gasteiger partial charge on any atom is 0.161 e. The first-order valence-electron chi connectivity index (χ1n) is 5.21. The van der Waals surface area contributed by atoms with Crippen molar-refractivity contribution in [3.63, 3.8) is 0 Å². The Morgan fingerprint density at radius 3 is 3.00 bits per heavy atom. The Bertz CT molecular complexity index is 669. The zero-order valence-corrected chi connectivity index (χ0v) is 9.01. The lowest BCUT2D eigenvalue weighted by Gasteiger charge is -2.06. The van der Waals surface area contributed by atoms with Gasteiger partial charge in [0.15, 0.2) is 5.65 Å². The molecule has 80 valence electrons. The molecule has 0 unspecified atom stereocenters. The van der Waals surface area contributed by atoms with Crippen molar-refractivity contribution in [3.8, 4) is 0 Å². The molecular weight excluding hydrogens is 200 g/mol. The summed E-state index contributed by atoms with van der Waals surface area (Å²) in [7, 11) is 0. The first kappa shape index (κ1) is 9.30. The lowest BCUT2D eigenvalue weighted by molar-refractivity contribution is 1.07. The highest BCUT2D eigenvalue weighted by atomic mass is 15.2. The van der Waals surface area contributed by atoms with Crippen LogP contribution in [0.3, 0.4) is 0 Å². The molecule has 0 fully saturated rings. The van der Waals surface area contributed by atoms with Crippen LogP contribution in [0.5, 0.6) is 0 Å². The Balaban J connectivity index is 2.52. The fraction of sp³-hybridized carbons (Fsp3) is 0.167. The average molecular weight is 212 g/mol. The number of benzene rings is 1. The van der Waals surface area contributed by atoms with Crippen LogP contribution in [-0.4, -0.2) is 14.6 Å². The molecule has 3 rings (SSSR count). The van der Waals surface area contributed by atoms with Crippen molar-refractivity contribution in [2.45, 2.75) is 13.5 Å². The van der Waals surface area contributed by atoms with Gasteiger partial charge < -0.3 is 5.73 Å². The number of aromatic nitrogens is 3. The zero-order chi connectivity index (χ0) is 11.1. The number of pyridine rings is 1. The maximum absolute atomic E-state index is 5.66. The molecule has 1 aromatic carbocycles. The molecule has 4 nitrogen and oxygen atoms in total. The molecule has 0 spiro atoms. The second-order valence-corrected chi connectivity index (χ2v) is 3.94. The van der Waals surface area contributed by atoms with Gasteiger partial charge in [0.2, 0.25) is 0 Å². The molecule has 2 aromatic heterocycles. The predicted octanol–water partition coefficient (Wildman–Crippen LogP) is 1.65. The molecule has 0 saturated carbocycles. The Morgan fingerprint density at radius 2 is 2.19 bits per heavy atom. The van der Waals surface area contributed by atoms with Crippen molar-refractivity contribution in [3.05, 3.63) is 41.7 Å². The van der Waals surface area contributed by atoms with E-state index in [1.54, 1.807) is 6.33 Å². The topological polar surface area (TPSA) is 56.2 Å². The molecule has 0 saturated heterocycles. The highest BCUT2D eigenvalue weighted by molar-refractivity contribution is 5.85. The van der Waals surface area contributed by atoms with Gasteiger partial charge in [-0.2, -0.15) is 0 Å². The molecule has 0 radical (unpaired) electrons. The third kappa shape index (κ3) is 1.20. The van der Waals surface area contributed by atoms with Crippen molar-refractivity contribution in [1.29, 1.82) is 0 Å². The van der Waals surface area contributed by atoms with Crippen LogP contribution in [0.1, 0.15) is 11.1 Å². The van der Waals surface area contributed by atoms with Gasteiger partial charge in [0.25, 0.3) is 0 Å². The minimum atomic E-state index is 0.549. The SMILES string of the molecule is Cc1cc2nncn2c2cc(CN)ccc12. The van der Waals surface area contributed by atoms with Crippen LogP contribution in [0.15, 0.2) is 30.6 Å². The molecule has 4 heteroatoms. The molecule has 2 N–H and O–H groups in total. The number of fused-ring (bicyclic) bond motifs is 3. The van der Waals surface area contributed by atoms with Crippen molar-refractivity contribution in [2.75, 3.05) is 0 Å². The fourth-order valence-corrected chi connectivity index (χ4v) is 2.04. The Hall–Kier alpha value is -1.94. The Labute approximate surface area is 92.7 Å². The summed E-state index contributed by atoms with van der Waals surface area (Å²) in [5.41, 5.74) is 9.97. The molecule has 0 aliphatic rings. The Morgan fingerprint density at radius 1 is 1.31 bits per heavy atom. The van der Waals surface area contributed by atoms with Gasteiger partial charge in [0.05, 0.1) is 5.52 Å². The molecule has 0 bridgehead atoms. The number of nitrogens with zero attached hydrogens (tertiary/aromatic N) is 3. The lowest BCUT2D eigenvalue weighted by atomic mass is 10.1. The quantitative estimate of drug-likeness (QED) is 0.667. The van der Waals surface area contributed by atoms with E-state index in [4.69, 9.17) is 5.73 Å². The number of hydrogen-bond acceptors (Lipinski definition) is 3. The standard InChI is InChI=1S/C12H12N4/c1-8-4-12-15-14-7-16(12)11-5-9(6-13)2-3-10(8)11/h2-5,7H,6,13H2,1H3. The first-order valence-corrected chi connectivity index (χ1v) is 5.21. The van der Waals surface area contributed by atoms with Crippen LogP contribution in [0, 0.1) is 6.92 Å². The average Bonchev–Trinajstić information content (AvgIpc) is 2.76. The van der Waals surface area contributed by atoms with Gasteiger partial charge in [-0.1, -0.05) is 12.1 Å². The molecule has 0 aliphatic heterocycles. The van der Waals surface area contributed by atoms with Gasteiger partial charge >= 0.3 is 0 Å². The maximum atomic E-state index is 5.66. The lowest BCUT2D eigenvalue weighted by Crippen LogP contribution is -1.97. The van der Waals surface area contributed by atoms with E-state index in [-0.39, 0.29) is 0 Å². The summed E-state index contributed by atoms with van der Waals surface area (Å²) < 4.78 is 1.99. The minimum Gasteiger partial charge on any atom is -0.326 e. The van der Waals surface area contributed by atoms with Crippen LogP contribution < -0.4 is 5.73 Å². The highest BCUT2D eigenvalue weighted by Gasteiger charge is 2.05. The normalized spacial score (nSPS) is 11.4. The van der Waals surface area contributed by atoms with Gasteiger partial charge in [-0.3, -0.25) is 4.40 Å². The zero-order valence-electron chi connectivity index (χ0n) is 9.01. The molecule has 16 heavy (non-hydrogen) atoms. The number of rotatable bonds is 1. The van der Waals surface area contributed by atoms with Crippen LogP contribution in [0.25, 0.3) is 16.6 Å². The molecular formula is C12H12N4. The van der Waals surface area contributed by atoms with Gasteiger partial charge in [-0.25, -0.2) is 0 Å². The van der Waals surface area contributed by atoms with E-state index >= 15 is 0 Å². The molecule has 0 aliphatic carbocycles.